The first-order chi connectivity index (χ1) is 22.4. The van der Waals surface area contributed by atoms with Crippen LogP contribution in [0, 0.1) is 0 Å². The van der Waals surface area contributed by atoms with Crippen molar-refractivity contribution in [3.05, 3.63) is 152 Å². The summed E-state index contributed by atoms with van der Waals surface area (Å²) in [5.41, 5.74) is 11.0. The zero-order valence-corrected chi connectivity index (χ0v) is 24.2. The van der Waals surface area contributed by atoms with Crippen molar-refractivity contribution >= 4 is 60.7 Å². The van der Waals surface area contributed by atoms with E-state index in [1.54, 1.807) is 0 Å². The number of hydrogen-bond donors (Lipinski definition) is 0. The second-order valence-corrected chi connectivity index (χ2v) is 11.5. The molecule has 0 aliphatic carbocycles. The van der Waals surface area contributed by atoms with Gasteiger partial charge in [-0.05, 0) is 48.5 Å². The van der Waals surface area contributed by atoms with Crippen molar-refractivity contribution in [3.63, 3.8) is 0 Å². The number of rotatable bonds is 3. The second kappa shape index (κ2) is 9.15. The van der Waals surface area contributed by atoms with Gasteiger partial charge in [0.1, 0.15) is 0 Å². The monoisotopic (exact) mass is 575 g/mol. The predicted octanol–water partition coefficient (Wildman–Crippen LogP) is 10.1. The third-order valence-electron chi connectivity index (χ3n) is 9.08. The highest BCUT2D eigenvalue weighted by atomic mass is 15.2. The molecule has 0 unspecified atom stereocenters. The molecule has 0 saturated carbocycles. The van der Waals surface area contributed by atoms with Crippen LogP contribution in [0.2, 0.25) is 0 Å². The molecular weight excluding hydrogens is 550 g/mol. The van der Waals surface area contributed by atoms with Crippen molar-refractivity contribution in [3.8, 4) is 22.9 Å². The largest absolute Gasteiger partial charge is 0.305 e. The van der Waals surface area contributed by atoms with Crippen LogP contribution in [0.3, 0.4) is 0 Å². The Morgan fingerprint density at radius 1 is 0.467 bits per heavy atom. The Bertz CT molecular complexity index is 2600. The molecular formula is C40H25N5. The molecule has 9 aromatic rings. The summed E-state index contributed by atoms with van der Waals surface area (Å²) in [4.78, 5) is 12.5. The molecule has 0 radical (unpaired) electrons. The molecule has 0 amide bonds. The molecule has 0 fully saturated rings. The van der Waals surface area contributed by atoms with Gasteiger partial charge in [-0.2, -0.15) is 0 Å². The minimum Gasteiger partial charge on any atom is -0.305 e. The Morgan fingerprint density at radius 3 is 1.78 bits per heavy atom. The van der Waals surface area contributed by atoms with Crippen molar-refractivity contribution in [1.82, 2.24) is 19.1 Å². The van der Waals surface area contributed by atoms with Crippen LogP contribution in [0.15, 0.2) is 152 Å². The number of nitrogens with zero attached hydrogens (tertiary/aromatic N) is 5. The quantitative estimate of drug-likeness (QED) is 0.210. The van der Waals surface area contributed by atoms with Crippen LogP contribution in [-0.4, -0.2) is 19.1 Å². The summed E-state index contributed by atoms with van der Waals surface area (Å²) in [6.07, 6.45) is 1.87. The molecule has 1 aliphatic heterocycles. The lowest BCUT2D eigenvalue weighted by Crippen LogP contribution is -2.19. The SMILES string of the molecule is c1ccc(-c2ccnc(-n3c4ccccc4c4cc5c6ccccc6n6c5c(c43)N(c3ccccc3)c3ccccc3-6)n2)cc1. The average Bonchev–Trinajstić information content (AvgIpc) is 3.63. The van der Waals surface area contributed by atoms with Gasteiger partial charge in [0.15, 0.2) is 0 Å². The fourth-order valence-electron chi connectivity index (χ4n) is 7.25. The zero-order valence-electron chi connectivity index (χ0n) is 24.2. The molecule has 6 aromatic carbocycles. The van der Waals surface area contributed by atoms with Gasteiger partial charge in [0.05, 0.1) is 44.8 Å². The average molecular weight is 576 g/mol. The summed E-state index contributed by atoms with van der Waals surface area (Å²) in [6.45, 7) is 0. The molecule has 210 valence electrons. The number of aromatic nitrogens is 4. The van der Waals surface area contributed by atoms with E-state index in [1.165, 1.54) is 32.6 Å². The van der Waals surface area contributed by atoms with Gasteiger partial charge in [-0.25, -0.2) is 9.97 Å². The fraction of sp³-hybridized carbons (Fsp3) is 0. The molecule has 0 spiro atoms. The molecule has 3 aromatic heterocycles. The number of fused-ring (bicyclic) bond motifs is 9. The van der Waals surface area contributed by atoms with E-state index in [2.05, 4.69) is 135 Å². The highest BCUT2D eigenvalue weighted by Crippen LogP contribution is 2.54. The summed E-state index contributed by atoms with van der Waals surface area (Å²) in [5.74, 6) is 0.646. The summed E-state index contributed by atoms with van der Waals surface area (Å²) in [6, 6.07) is 51.5. The summed E-state index contributed by atoms with van der Waals surface area (Å²) in [5, 5.41) is 4.80. The summed E-state index contributed by atoms with van der Waals surface area (Å²) < 4.78 is 4.70. The Hall–Kier alpha value is -6.20. The fourth-order valence-corrected chi connectivity index (χ4v) is 7.25. The molecule has 0 saturated heterocycles. The molecule has 0 bridgehead atoms. The standard InChI is InChI=1S/C40H25N5/c1-3-13-26(14-4-1)32-23-24-41-40(42-32)45-34-20-10-8-18-29(34)31-25-30-28-17-7-9-19-33(28)44-36-22-12-11-21-35(36)43(27-15-5-2-6-16-27)39(37(30)44)38(31)45/h1-25H. The van der Waals surface area contributed by atoms with Gasteiger partial charge in [-0.3, -0.25) is 4.57 Å². The van der Waals surface area contributed by atoms with E-state index in [1.807, 2.05) is 30.5 Å². The third kappa shape index (κ3) is 3.32. The zero-order chi connectivity index (χ0) is 29.5. The Morgan fingerprint density at radius 2 is 1.04 bits per heavy atom. The van der Waals surface area contributed by atoms with Gasteiger partial charge in [0.2, 0.25) is 5.95 Å². The first kappa shape index (κ1) is 24.3. The van der Waals surface area contributed by atoms with E-state index in [0.717, 1.165) is 45.0 Å². The van der Waals surface area contributed by atoms with Crippen molar-refractivity contribution < 1.29 is 0 Å². The van der Waals surface area contributed by atoms with E-state index >= 15 is 0 Å². The lowest BCUT2D eigenvalue weighted by atomic mass is 10.0. The highest BCUT2D eigenvalue weighted by molar-refractivity contribution is 6.27. The number of para-hydroxylation sites is 5. The molecule has 0 N–H and O–H groups in total. The normalized spacial score (nSPS) is 12.4. The van der Waals surface area contributed by atoms with Gasteiger partial charge in [0, 0.05) is 39.0 Å². The number of anilines is 3. The maximum absolute atomic E-state index is 5.19. The van der Waals surface area contributed by atoms with E-state index < -0.39 is 0 Å². The first-order valence-electron chi connectivity index (χ1n) is 15.2. The van der Waals surface area contributed by atoms with Crippen molar-refractivity contribution in [2.24, 2.45) is 0 Å². The summed E-state index contributed by atoms with van der Waals surface area (Å²) >= 11 is 0. The van der Waals surface area contributed by atoms with Gasteiger partial charge in [0.25, 0.3) is 0 Å². The maximum atomic E-state index is 5.19. The van der Waals surface area contributed by atoms with Crippen LogP contribution in [-0.2, 0) is 0 Å². The van der Waals surface area contributed by atoms with Crippen LogP contribution in [0.5, 0.6) is 0 Å². The van der Waals surface area contributed by atoms with Crippen LogP contribution < -0.4 is 4.90 Å². The summed E-state index contributed by atoms with van der Waals surface area (Å²) in [7, 11) is 0. The number of benzene rings is 6. The van der Waals surface area contributed by atoms with Crippen molar-refractivity contribution in [1.29, 1.82) is 0 Å². The van der Waals surface area contributed by atoms with Gasteiger partial charge in [-0.15, -0.1) is 0 Å². The Labute approximate surface area is 258 Å². The van der Waals surface area contributed by atoms with E-state index in [4.69, 9.17) is 9.97 Å². The van der Waals surface area contributed by atoms with E-state index in [9.17, 15) is 0 Å². The predicted molar refractivity (Wildman–Crippen MR) is 184 cm³/mol. The maximum Gasteiger partial charge on any atom is 0.235 e. The lowest BCUT2D eigenvalue weighted by molar-refractivity contribution is 0.989. The first-order valence-corrected chi connectivity index (χ1v) is 15.2. The third-order valence-corrected chi connectivity index (χ3v) is 9.08. The smallest absolute Gasteiger partial charge is 0.235 e. The van der Waals surface area contributed by atoms with Crippen LogP contribution in [0.4, 0.5) is 17.1 Å². The minimum absolute atomic E-state index is 0.646. The topological polar surface area (TPSA) is 38.9 Å². The molecule has 5 nitrogen and oxygen atoms in total. The van der Waals surface area contributed by atoms with Gasteiger partial charge >= 0.3 is 0 Å². The molecule has 4 heterocycles. The molecule has 1 aliphatic rings. The van der Waals surface area contributed by atoms with E-state index in [0.29, 0.717) is 5.95 Å². The Kier molecular flexibility index (Phi) is 4.93. The van der Waals surface area contributed by atoms with Crippen molar-refractivity contribution in [2.75, 3.05) is 4.90 Å². The van der Waals surface area contributed by atoms with Crippen molar-refractivity contribution in [2.45, 2.75) is 0 Å². The van der Waals surface area contributed by atoms with Gasteiger partial charge in [-0.1, -0.05) is 97.1 Å². The van der Waals surface area contributed by atoms with Crippen LogP contribution >= 0.6 is 0 Å². The van der Waals surface area contributed by atoms with Crippen LogP contribution in [0.25, 0.3) is 66.5 Å². The number of hydrogen-bond acceptors (Lipinski definition) is 3. The Balaban J connectivity index is 1.44. The molecule has 0 atom stereocenters. The van der Waals surface area contributed by atoms with Gasteiger partial charge < -0.3 is 9.47 Å². The van der Waals surface area contributed by atoms with E-state index in [-0.39, 0.29) is 0 Å². The lowest BCUT2D eigenvalue weighted by Gasteiger charge is -2.34. The van der Waals surface area contributed by atoms with Crippen LogP contribution in [0.1, 0.15) is 0 Å². The molecule has 45 heavy (non-hydrogen) atoms. The second-order valence-electron chi connectivity index (χ2n) is 11.5. The highest BCUT2D eigenvalue weighted by Gasteiger charge is 2.33. The molecule has 5 heteroatoms. The minimum atomic E-state index is 0.646. The molecule has 10 rings (SSSR count).